The second-order valence-electron chi connectivity index (χ2n) is 6.70. The molecular formula is C19H22N6O4S. The Kier molecular flexibility index (Phi) is 6.01. The topological polar surface area (TPSA) is 128 Å². The molecular weight excluding hydrogens is 408 g/mol. The molecule has 1 amide bonds. The molecule has 0 bridgehead atoms. The van der Waals surface area contributed by atoms with Crippen molar-refractivity contribution >= 4 is 27.6 Å². The van der Waals surface area contributed by atoms with Crippen LogP contribution in [0.3, 0.4) is 0 Å². The van der Waals surface area contributed by atoms with Crippen LogP contribution in [0.1, 0.15) is 24.3 Å². The average Bonchev–Trinajstić information content (AvgIpc) is 3.03. The molecule has 2 aromatic heterocycles. The van der Waals surface area contributed by atoms with Gasteiger partial charge in [0.25, 0.3) is 0 Å². The number of hydrogen-bond donors (Lipinski definition) is 2. The second-order valence-corrected chi connectivity index (χ2v) is 8.45. The summed E-state index contributed by atoms with van der Waals surface area (Å²) in [4.78, 5) is 16.8. The normalized spacial score (nSPS) is 12.3. The summed E-state index contributed by atoms with van der Waals surface area (Å²) in [5, 5.41) is 10.7. The Morgan fingerprint density at radius 3 is 2.50 bits per heavy atom. The van der Waals surface area contributed by atoms with Gasteiger partial charge in [0.15, 0.2) is 11.5 Å². The molecule has 0 aliphatic rings. The van der Waals surface area contributed by atoms with Gasteiger partial charge in [0.05, 0.1) is 23.3 Å². The minimum Gasteiger partial charge on any atom is -0.441 e. The van der Waals surface area contributed by atoms with Gasteiger partial charge in [-0.25, -0.2) is 22.9 Å². The van der Waals surface area contributed by atoms with Crippen LogP contribution in [0.15, 0.2) is 42.5 Å². The lowest BCUT2D eigenvalue weighted by atomic mass is 10.1. The van der Waals surface area contributed by atoms with Gasteiger partial charge in [-0.3, -0.25) is 10.0 Å². The molecule has 2 heterocycles. The van der Waals surface area contributed by atoms with E-state index in [1.165, 1.54) is 4.68 Å². The second kappa shape index (κ2) is 8.49. The number of nitrogens with one attached hydrogen (secondary N) is 2. The number of carbonyl (C=O) groups excluding carboxylic acids is 1. The molecule has 0 radical (unpaired) electrons. The number of benzene rings is 1. The fourth-order valence-corrected chi connectivity index (χ4v) is 3.36. The first-order valence-corrected chi connectivity index (χ1v) is 10.9. The lowest BCUT2D eigenvalue weighted by Crippen LogP contribution is -2.18. The van der Waals surface area contributed by atoms with Gasteiger partial charge in [0, 0.05) is 7.05 Å². The standard InChI is InChI=1S/C19H22N6O4S/c1-12-15(23-30(4,27)28)10-11-16(20-12)17-18(25(3)24-22-17)21-19(26)29-13(2)14-8-6-5-7-9-14/h5-11,13,23H,1-4H3,(H,21,26)/t13-/m1/s1. The summed E-state index contributed by atoms with van der Waals surface area (Å²) in [5.74, 6) is 0.302. The largest absolute Gasteiger partial charge is 0.441 e. The maximum Gasteiger partial charge on any atom is 0.413 e. The summed E-state index contributed by atoms with van der Waals surface area (Å²) in [6.07, 6.45) is -0.0461. The van der Waals surface area contributed by atoms with Crippen molar-refractivity contribution in [1.82, 2.24) is 20.0 Å². The van der Waals surface area contributed by atoms with Crippen LogP contribution in [-0.4, -0.2) is 40.7 Å². The Hall–Kier alpha value is -3.47. The Bertz CT molecular complexity index is 1160. The van der Waals surface area contributed by atoms with Gasteiger partial charge in [0.1, 0.15) is 6.10 Å². The van der Waals surface area contributed by atoms with E-state index in [9.17, 15) is 13.2 Å². The van der Waals surface area contributed by atoms with Crippen molar-refractivity contribution in [2.24, 2.45) is 7.05 Å². The van der Waals surface area contributed by atoms with E-state index in [4.69, 9.17) is 4.74 Å². The van der Waals surface area contributed by atoms with Crippen LogP contribution in [0.5, 0.6) is 0 Å². The van der Waals surface area contributed by atoms with Gasteiger partial charge in [-0.1, -0.05) is 35.5 Å². The highest BCUT2D eigenvalue weighted by atomic mass is 32.2. The van der Waals surface area contributed by atoms with E-state index < -0.39 is 22.2 Å². The third-order valence-corrected chi connectivity index (χ3v) is 4.81. The molecule has 0 aliphatic carbocycles. The third-order valence-electron chi connectivity index (χ3n) is 4.22. The van der Waals surface area contributed by atoms with E-state index in [1.54, 1.807) is 33.0 Å². The zero-order valence-corrected chi connectivity index (χ0v) is 17.8. The summed E-state index contributed by atoms with van der Waals surface area (Å²) < 4.78 is 32.1. The van der Waals surface area contributed by atoms with Gasteiger partial charge in [0.2, 0.25) is 10.0 Å². The number of nitrogens with zero attached hydrogens (tertiary/aromatic N) is 4. The molecule has 158 valence electrons. The SMILES string of the molecule is Cc1nc(-c2nnn(C)c2NC(=O)O[C@H](C)c2ccccc2)ccc1NS(C)(=O)=O. The summed E-state index contributed by atoms with van der Waals surface area (Å²) in [5.41, 5.74) is 2.43. The van der Waals surface area contributed by atoms with Gasteiger partial charge >= 0.3 is 6.09 Å². The van der Waals surface area contributed by atoms with Crippen LogP contribution in [0.4, 0.5) is 16.3 Å². The zero-order valence-electron chi connectivity index (χ0n) is 16.9. The molecule has 2 N–H and O–H groups in total. The molecule has 3 aromatic rings. The van der Waals surface area contributed by atoms with Crippen molar-refractivity contribution in [2.45, 2.75) is 20.0 Å². The Balaban J connectivity index is 1.80. The van der Waals surface area contributed by atoms with Crippen LogP contribution in [0, 0.1) is 6.92 Å². The molecule has 0 spiro atoms. The molecule has 0 fully saturated rings. The highest BCUT2D eigenvalue weighted by Crippen LogP contribution is 2.27. The minimum atomic E-state index is -3.43. The van der Waals surface area contributed by atoms with Crippen LogP contribution in [-0.2, 0) is 21.8 Å². The van der Waals surface area contributed by atoms with E-state index in [-0.39, 0.29) is 0 Å². The number of aromatic nitrogens is 4. The van der Waals surface area contributed by atoms with Crippen LogP contribution in [0.2, 0.25) is 0 Å². The van der Waals surface area contributed by atoms with E-state index in [2.05, 4.69) is 25.3 Å². The van der Waals surface area contributed by atoms with Crippen LogP contribution in [0.25, 0.3) is 11.4 Å². The highest BCUT2D eigenvalue weighted by Gasteiger charge is 2.20. The molecule has 0 aliphatic heterocycles. The first-order valence-electron chi connectivity index (χ1n) is 9.02. The van der Waals surface area contributed by atoms with Gasteiger partial charge in [-0.2, -0.15) is 0 Å². The number of anilines is 2. The van der Waals surface area contributed by atoms with E-state index in [0.717, 1.165) is 11.8 Å². The number of aryl methyl sites for hydroxylation is 2. The van der Waals surface area contributed by atoms with Gasteiger partial charge in [-0.15, -0.1) is 5.10 Å². The van der Waals surface area contributed by atoms with Crippen LogP contribution >= 0.6 is 0 Å². The fraction of sp³-hybridized carbons (Fsp3) is 0.263. The number of rotatable bonds is 6. The molecule has 0 unspecified atom stereocenters. The minimum absolute atomic E-state index is 0.302. The summed E-state index contributed by atoms with van der Waals surface area (Å²) >= 11 is 0. The first-order chi connectivity index (χ1) is 14.1. The van der Waals surface area contributed by atoms with Gasteiger partial charge in [-0.05, 0) is 31.5 Å². The number of pyridine rings is 1. The molecule has 1 aromatic carbocycles. The number of sulfonamides is 1. The molecule has 1 atom stereocenters. The predicted molar refractivity (Wildman–Crippen MR) is 112 cm³/mol. The summed E-state index contributed by atoms with van der Waals surface area (Å²) in [7, 11) is -1.80. The van der Waals surface area contributed by atoms with E-state index >= 15 is 0 Å². The van der Waals surface area contributed by atoms with Gasteiger partial charge < -0.3 is 4.74 Å². The van der Waals surface area contributed by atoms with Crippen molar-refractivity contribution in [1.29, 1.82) is 0 Å². The summed E-state index contributed by atoms with van der Waals surface area (Å²) in [6.45, 7) is 3.44. The van der Waals surface area contributed by atoms with E-state index in [0.29, 0.717) is 28.6 Å². The molecule has 10 nitrogen and oxygen atoms in total. The Morgan fingerprint density at radius 2 is 1.87 bits per heavy atom. The molecule has 3 rings (SSSR count). The average molecular weight is 430 g/mol. The van der Waals surface area contributed by atoms with E-state index in [1.807, 2.05) is 30.3 Å². The monoisotopic (exact) mass is 430 g/mol. The van der Waals surface area contributed by atoms with Crippen molar-refractivity contribution in [2.75, 3.05) is 16.3 Å². The first kappa shape index (κ1) is 21.2. The number of carbonyl (C=O) groups is 1. The van der Waals surface area contributed by atoms with Crippen molar-refractivity contribution < 1.29 is 17.9 Å². The lowest BCUT2D eigenvalue weighted by Gasteiger charge is -2.14. The van der Waals surface area contributed by atoms with Crippen molar-refractivity contribution in [3.63, 3.8) is 0 Å². The number of hydrogen-bond acceptors (Lipinski definition) is 7. The highest BCUT2D eigenvalue weighted by molar-refractivity contribution is 7.92. The quantitative estimate of drug-likeness (QED) is 0.615. The maximum absolute atomic E-state index is 12.4. The third kappa shape index (κ3) is 5.11. The molecule has 0 saturated carbocycles. The Morgan fingerprint density at radius 1 is 1.17 bits per heavy atom. The smallest absolute Gasteiger partial charge is 0.413 e. The summed E-state index contributed by atoms with van der Waals surface area (Å²) in [6, 6.07) is 12.5. The van der Waals surface area contributed by atoms with Crippen molar-refractivity contribution in [3.8, 4) is 11.4 Å². The molecule has 30 heavy (non-hydrogen) atoms. The zero-order chi connectivity index (χ0) is 21.9. The Labute approximate surface area is 174 Å². The molecule has 0 saturated heterocycles. The maximum atomic E-state index is 12.4. The van der Waals surface area contributed by atoms with Crippen LogP contribution < -0.4 is 10.0 Å². The lowest BCUT2D eigenvalue weighted by molar-refractivity contribution is 0.121. The number of amides is 1. The fourth-order valence-electron chi connectivity index (χ4n) is 2.75. The predicted octanol–water partition coefficient (Wildman–Crippen LogP) is 2.87. The molecule has 11 heteroatoms. The number of ether oxygens (including phenoxy) is 1. The van der Waals surface area contributed by atoms with Crippen molar-refractivity contribution in [3.05, 3.63) is 53.7 Å².